The number of anilines is 3. The zero-order valence-electron chi connectivity index (χ0n) is 11.1. The first-order chi connectivity index (χ1) is 8.61. The second-order valence-corrected chi connectivity index (χ2v) is 4.54. The normalized spacial score (nSPS) is 10.4. The van der Waals surface area contributed by atoms with Gasteiger partial charge in [0.2, 0.25) is 0 Å². The van der Waals surface area contributed by atoms with E-state index in [2.05, 4.69) is 42.3 Å². The van der Waals surface area contributed by atoms with Gasteiger partial charge in [-0.25, -0.2) is 4.98 Å². The van der Waals surface area contributed by atoms with Crippen molar-refractivity contribution in [3.8, 4) is 0 Å². The minimum atomic E-state index is 0.681. The first-order valence-electron chi connectivity index (χ1n) is 6.19. The summed E-state index contributed by atoms with van der Waals surface area (Å²) in [4.78, 5) is 4.35. The molecule has 0 bridgehead atoms. The molecule has 0 atom stereocenters. The van der Waals surface area contributed by atoms with Crippen molar-refractivity contribution in [1.29, 1.82) is 0 Å². The predicted molar refractivity (Wildman–Crippen MR) is 77.2 cm³/mol. The lowest BCUT2D eigenvalue weighted by molar-refractivity contribution is 1.13. The SMILES string of the molecule is CCc1cccc(C)c1Nc1ncc(C)cc1N. The number of nitrogens with zero attached hydrogens (tertiary/aromatic N) is 1. The van der Waals surface area contributed by atoms with Crippen molar-refractivity contribution in [3.05, 3.63) is 47.2 Å². The molecule has 18 heavy (non-hydrogen) atoms. The highest BCUT2D eigenvalue weighted by molar-refractivity contribution is 5.72. The maximum absolute atomic E-state index is 5.99. The Morgan fingerprint density at radius 3 is 2.72 bits per heavy atom. The summed E-state index contributed by atoms with van der Waals surface area (Å²) in [7, 11) is 0. The maximum atomic E-state index is 5.99. The van der Waals surface area contributed by atoms with E-state index in [0.717, 1.165) is 23.5 Å². The van der Waals surface area contributed by atoms with Gasteiger partial charge in [-0.1, -0.05) is 25.1 Å². The van der Waals surface area contributed by atoms with Crippen LogP contribution in [0.5, 0.6) is 0 Å². The maximum Gasteiger partial charge on any atom is 0.153 e. The molecule has 3 N–H and O–H groups in total. The Hall–Kier alpha value is -2.03. The van der Waals surface area contributed by atoms with E-state index in [4.69, 9.17) is 5.73 Å². The Labute approximate surface area is 108 Å². The number of para-hydroxylation sites is 1. The predicted octanol–water partition coefficient (Wildman–Crippen LogP) is 3.59. The molecule has 1 aromatic carbocycles. The molecular weight excluding hydrogens is 222 g/mol. The number of rotatable bonds is 3. The molecule has 0 aliphatic carbocycles. The van der Waals surface area contributed by atoms with Crippen molar-refractivity contribution in [2.75, 3.05) is 11.1 Å². The van der Waals surface area contributed by atoms with Crippen LogP contribution in [-0.4, -0.2) is 4.98 Å². The first-order valence-corrected chi connectivity index (χ1v) is 6.19. The van der Waals surface area contributed by atoms with Gasteiger partial charge in [0.05, 0.1) is 5.69 Å². The van der Waals surface area contributed by atoms with Gasteiger partial charge in [-0.2, -0.15) is 0 Å². The van der Waals surface area contributed by atoms with Gasteiger partial charge in [-0.05, 0) is 43.0 Å². The van der Waals surface area contributed by atoms with E-state index in [0.29, 0.717) is 5.69 Å². The second kappa shape index (κ2) is 5.08. The van der Waals surface area contributed by atoms with Crippen LogP contribution in [0.2, 0.25) is 0 Å². The Morgan fingerprint density at radius 2 is 2.06 bits per heavy atom. The third kappa shape index (κ3) is 2.45. The molecule has 0 saturated heterocycles. The third-order valence-corrected chi connectivity index (χ3v) is 3.04. The van der Waals surface area contributed by atoms with Crippen molar-refractivity contribution in [1.82, 2.24) is 4.98 Å². The molecule has 94 valence electrons. The van der Waals surface area contributed by atoms with Crippen LogP contribution in [-0.2, 0) is 6.42 Å². The molecule has 0 unspecified atom stereocenters. The van der Waals surface area contributed by atoms with Crippen molar-refractivity contribution >= 4 is 17.2 Å². The molecule has 0 fully saturated rings. The minimum absolute atomic E-state index is 0.681. The number of aryl methyl sites for hydroxylation is 3. The molecule has 2 rings (SSSR count). The van der Waals surface area contributed by atoms with Gasteiger partial charge in [0, 0.05) is 11.9 Å². The number of aromatic nitrogens is 1. The zero-order valence-corrected chi connectivity index (χ0v) is 11.1. The molecule has 2 aromatic rings. The van der Waals surface area contributed by atoms with Crippen molar-refractivity contribution in [2.45, 2.75) is 27.2 Å². The second-order valence-electron chi connectivity index (χ2n) is 4.54. The lowest BCUT2D eigenvalue weighted by atomic mass is 10.1. The van der Waals surface area contributed by atoms with Crippen molar-refractivity contribution in [2.24, 2.45) is 0 Å². The molecule has 1 heterocycles. The number of nitrogen functional groups attached to an aromatic ring is 1. The quantitative estimate of drug-likeness (QED) is 0.863. The number of benzene rings is 1. The fourth-order valence-electron chi connectivity index (χ4n) is 2.02. The molecule has 1 aromatic heterocycles. The van der Waals surface area contributed by atoms with Crippen LogP contribution in [0.1, 0.15) is 23.6 Å². The number of nitrogens with two attached hydrogens (primary N) is 1. The highest BCUT2D eigenvalue weighted by Crippen LogP contribution is 2.27. The summed E-state index contributed by atoms with van der Waals surface area (Å²) in [6, 6.07) is 8.22. The minimum Gasteiger partial charge on any atom is -0.396 e. The highest BCUT2D eigenvalue weighted by atomic mass is 15.0. The molecule has 3 nitrogen and oxygen atoms in total. The standard InChI is InChI=1S/C15H19N3/c1-4-12-7-5-6-11(3)14(12)18-15-13(16)8-10(2)9-17-15/h5-9H,4,16H2,1-3H3,(H,17,18). The van der Waals surface area contributed by atoms with E-state index in [1.165, 1.54) is 11.1 Å². The van der Waals surface area contributed by atoms with E-state index in [9.17, 15) is 0 Å². The molecular formula is C15H19N3. The fourth-order valence-corrected chi connectivity index (χ4v) is 2.02. The summed E-state index contributed by atoms with van der Waals surface area (Å²) in [5.74, 6) is 0.726. The van der Waals surface area contributed by atoms with Gasteiger partial charge in [0.1, 0.15) is 0 Å². The number of hydrogen-bond donors (Lipinski definition) is 2. The molecule has 0 saturated carbocycles. The first kappa shape index (κ1) is 12.4. The van der Waals surface area contributed by atoms with Crippen LogP contribution in [0.4, 0.5) is 17.2 Å². The number of pyridine rings is 1. The summed E-state index contributed by atoms with van der Waals surface area (Å²) in [6.45, 7) is 6.22. The third-order valence-electron chi connectivity index (χ3n) is 3.04. The van der Waals surface area contributed by atoms with Crippen molar-refractivity contribution < 1.29 is 0 Å². The fraction of sp³-hybridized carbons (Fsp3) is 0.267. The average Bonchev–Trinajstić information content (AvgIpc) is 2.34. The van der Waals surface area contributed by atoms with Gasteiger partial charge in [-0.15, -0.1) is 0 Å². The van der Waals surface area contributed by atoms with Crippen LogP contribution in [0.3, 0.4) is 0 Å². The Morgan fingerprint density at radius 1 is 1.28 bits per heavy atom. The topological polar surface area (TPSA) is 50.9 Å². The van der Waals surface area contributed by atoms with Gasteiger partial charge in [0.25, 0.3) is 0 Å². The molecule has 0 amide bonds. The van der Waals surface area contributed by atoms with Gasteiger partial charge < -0.3 is 11.1 Å². The highest BCUT2D eigenvalue weighted by Gasteiger charge is 2.07. The van der Waals surface area contributed by atoms with Crippen LogP contribution >= 0.6 is 0 Å². The van der Waals surface area contributed by atoms with Gasteiger partial charge in [0.15, 0.2) is 5.82 Å². The zero-order chi connectivity index (χ0) is 13.1. The summed E-state index contributed by atoms with van der Waals surface area (Å²) in [5.41, 5.74) is 11.3. The van der Waals surface area contributed by atoms with Crippen LogP contribution in [0.25, 0.3) is 0 Å². The van der Waals surface area contributed by atoms with Crippen molar-refractivity contribution in [3.63, 3.8) is 0 Å². The summed E-state index contributed by atoms with van der Waals surface area (Å²) in [6.07, 6.45) is 2.80. The van der Waals surface area contributed by atoms with E-state index >= 15 is 0 Å². The summed E-state index contributed by atoms with van der Waals surface area (Å²) in [5, 5.41) is 3.35. The van der Waals surface area contributed by atoms with Gasteiger partial charge in [-0.3, -0.25) is 0 Å². The molecule has 0 radical (unpaired) electrons. The Kier molecular flexibility index (Phi) is 3.51. The summed E-state index contributed by atoms with van der Waals surface area (Å²) < 4.78 is 0. The van der Waals surface area contributed by atoms with Crippen LogP contribution in [0.15, 0.2) is 30.5 Å². The lowest BCUT2D eigenvalue weighted by Gasteiger charge is -2.14. The van der Waals surface area contributed by atoms with Crippen LogP contribution < -0.4 is 11.1 Å². The monoisotopic (exact) mass is 241 g/mol. The number of hydrogen-bond acceptors (Lipinski definition) is 3. The largest absolute Gasteiger partial charge is 0.396 e. The van der Waals surface area contributed by atoms with Gasteiger partial charge >= 0.3 is 0 Å². The Bertz CT molecular complexity index is 562. The van der Waals surface area contributed by atoms with Crippen LogP contribution in [0, 0.1) is 13.8 Å². The smallest absolute Gasteiger partial charge is 0.153 e. The molecule has 0 aliphatic heterocycles. The summed E-state index contributed by atoms with van der Waals surface area (Å²) >= 11 is 0. The number of nitrogens with one attached hydrogen (secondary N) is 1. The molecule has 0 aliphatic rings. The molecule has 0 spiro atoms. The Balaban J connectivity index is 2.39. The van der Waals surface area contributed by atoms with E-state index in [1.54, 1.807) is 0 Å². The van der Waals surface area contributed by atoms with E-state index in [-0.39, 0.29) is 0 Å². The lowest BCUT2D eigenvalue weighted by Crippen LogP contribution is -2.03. The average molecular weight is 241 g/mol. The molecule has 3 heteroatoms. The van der Waals surface area contributed by atoms with E-state index in [1.807, 2.05) is 19.2 Å². The van der Waals surface area contributed by atoms with E-state index < -0.39 is 0 Å².